The summed E-state index contributed by atoms with van der Waals surface area (Å²) in [5.74, 6) is -0.941. The fraction of sp³-hybridized carbons (Fsp3) is 0. The summed E-state index contributed by atoms with van der Waals surface area (Å²) in [6.45, 7) is 0. The summed E-state index contributed by atoms with van der Waals surface area (Å²) in [4.78, 5) is 12.0. The Bertz CT molecular complexity index is 649. The summed E-state index contributed by atoms with van der Waals surface area (Å²) < 4.78 is 13.7. The van der Waals surface area contributed by atoms with Crippen LogP contribution in [-0.2, 0) is 0 Å². The molecule has 3 N–H and O–H groups in total. The van der Waals surface area contributed by atoms with Gasteiger partial charge in [0, 0.05) is 4.47 Å². The van der Waals surface area contributed by atoms with Gasteiger partial charge in [0.15, 0.2) is 0 Å². The second kappa shape index (κ2) is 5.59. The molecule has 0 radical (unpaired) electrons. The topological polar surface area (TPSA) is 55.1 Å². The normalized spacial score (nSPS) is 10.3. The predicted molar refractivity (Wildman–Crippen MR) is 77.9 cm³/mol. The SMILES string of the molecule is Nc1cc(Br)ccc1NC(=O)c1ccc(F)cc1Cl. The van der Waals surface area contributed by atoms with Crippen LogP contribution in [0.25, 0.3) is 0 Å². The van der Waals surface area contributed by atoms with E-state index in [9.17, 15) is 9.18 Å². The van der Waals surface area contributed by atoms with Gasteiger partial charge in [-0.15, -0.1) is 0 Å². The smallest absolute Gasteiger partial charge is 0.257 e. The minimum atomic E-state index is -0.496. The van der Waals surface area contributed by atoms with Crippen molar-refractivity contribution < 1.29 is 9.18 Å². The van der Waals surface area contributed by atoms with E-state index in [0.29, 0.717) is 11.4 Å². The standard InChI is InChI=1S/C13H9BrClFN2O/c14-7-1-4-12(11(17)5-7)18-13(19)9-3-2-8(16)6-10(9)15/h1-6H,17H2,(H,18,19). The van der Waals surface area contributed by atoms with E-state index in [1.165, 1.54) is 12.1 Å². The van der Waals surface area contributed by atoms with Crippen molar-refractivity contribution in [2.75, 3.05) is 11.1 Å². The minimum Gasteiger partial charge on any atom is -0.397 e. The largest absolute Gasteiger partial charge is 0.397 e. The van der Waals surface area contributed by atoms with Gasteiger partial charge in [0.25, 0.3) is 5.91 Å². The molecule has 0 bridgehead atoms. The summed E-state index contributed by atoms with van der Waals surface area (Å²) in [6.07, 6.45) is 0. The van der Waals surface area contributed by atoms with Gasteiger partial charge in [-0.2, -0.15) is 0 Å². The Labute approximate surface area is 122 Å². The van der Waals surface area contributed by atoms with Crippen LogP contribution in [0, 0.1) is 5.82 Å². The Hall–Kier alpha value is -1.59. The maximum Gasteiger partial charge on any atom is 0.257 e. The van der Waals surface area contributed by atoms with Gasteiger partial charge in [-0.3, -0.25) is 4.79 Å². The second-order valence-electron chi connectivity index (χ2n) is 3.81. The number of nitrogens with two attached hydrogens (primary N) is 1. The molecular weight excluding hydrogens is 335 g/mol. The highest BCUT2D eigenvalue weighted by atomic mass is 79.9. The Kier molecular flexibility index (Phi) is 4.07. The Balaban J connectivity index is 2.25. The fourth-order valence-electron chi connectivity index (χ4n) is 1.51. The lowest BCUT2D eigenvalue weighted by Gasteiger charge is -2.09. The summed E-state index contributed by atoms with van der Waals surface area (Å²) >= 11 is 9.09. The fourth-order valence-corrected chi connectivity index (χ4v) is 2.14. The zero-order valence-corrected chi connectivity index (χ0v) is 11.9. The number of halogens is 3. The molecule has 2 aromatic rings. The average Bonchev–Trinajstić information content (AvgIpc) is 2.32. The molecule has 0 atom stereocenters. The molecule has 0 aliphatic carbocycles. The van der Waals surface area contributed by atoms with Crippen LogP contribution in [0.2, 0.25) is 5.02 Å². The maximum absolute atomic E-state index is 12.9. The number of nitrogens with one attached hydrogen (secondary N) is 1. The van der Waals surface area contributed by atoms with Crippen LogP contribution in [0.3, 0.4) is 0 Å². The molecule has 0 spiro atoms. The zero-order chi connectivity index (χ0) is 14.0. The summed E-state index contributed by atoms with van der Waals surface area (Å²) in [5, 5.41) is 2.67. The third-order valence-electron chi connectivity index (χ3n) is 2.44. The predicted octanol–water partition coefficient (Wildman–Crippen LogP) is 4.08. The van der Waals surface area contributed by atoms with E-state index in [0.717, 1.165) is 10.5 Å². The second-order valence-corrected chi connectivity index (χ2v) is 5.13. The Morgan fingerprint density at radius 2 is 2.00 bits per heavy atom. The van der Waals surface area contributed by atoms with Gasteiger partial charge in [-0.25, -0.2) is 4.39 Å². The number of hydrogen-bond donors (Lipinski definition) is 2. The van der Waals surface area contributed by atoms with Crippen LogP contribution in [-0.4, -0.2) is 5.91 Å². The van der Waals surface area contributed by atoms with Crippen molar-refractivity contribution in [1.82, 2.24) is 0 Å². The highest BCUT2D eigenvalue weighted by molar-refractivity contribution is 9.10. The van der Waals surface area contributed by atoms with Crippen molar-refractivity contribution in [1.29, 1.82) is 0 Å². The van der Waals surface area contributed by atoms with Crippen molar-refractivity contribution in [3.05, 3.63) is 57.3 Å². The molecule has 1 amide bonds. The molecule has 2 rings (SSSR count). The summed E-state index contributed by atoms with van der Waals surface area (Å²) in [6, 6.07) is 8.66. The van der Waals surface area contributed by atoms with Crippen molar-refractivity contribution in [2.24, 2.45) is 0 Å². The monoisotopic (exact) mass is 342 g/mol. The first-order chi connectivity index (χ1) is 8.97. The number of rotatable bonds is 2. The molecule has 0 unspecified atom stereocenters. The number of benzene rings is 2. The van der Waals surface area contributed by atoms with Crippen LogP contribution in [0.5, 0.6) is 0 Å². The molecule has 0 heterocycles. The van der Waals surface area contributed by atoms with Gasteiger partial charge >= 0.3 is 0 Å². The van der Waals surface area contributed by atoms with E-state index < -0.39 is 11.7 Å². The van der Waals surface area contributed by atoms with Gasteiger partial charge in [-0.05, 0) is 36.4 Å². The van der Waals surface area contributed by atoms with Crippen molar-refractivity contribution in [3.63, 3.8) is 0 Å². The van der Waals surface area contributed by atoms with E-state index in [1.807, 2.05) is 0 Å². The number of carbonyl (C=O) groups excluding carboxylic acids is 1. The first kappa shape index (κ1) is 13.8. The molecule has 0 aliphatic heterocycles. The highest BCUT2D eigenvalue weighted by Crippen LogP contribution is 2.25. The lowest BCUT2D eigenvalue weighted by atomic mass is 10.2. The molecule has 0 aromatic heterocycles. The van der Waals surface area contributed by atoms with Crippen LogP contribution in [0.15, 0.2) is 40.9 Å². The molecule has 2 aromatic carbocycles. The van der Waals surface area contributed by atoms with Gasteiger partial charge in [0.1, 0.15) is 5.82 Å². The van der Waals surface area contributed by atoms with Crippen LogP contribution >= 0.6 is 27.5 Å². The Morgan fingerprint density at radius 1 is 1.26 bits per heavy atom. The number of carbonyl (C=O) groups is 1. The average molecular weight is 344 g/mol. The van der Waals surface area contributed by atoms with Gasteiger partial charge in [0.2, 0.25) is 0 Å². The first-order valence-electron chi connectivity index (χ1n) is 5.29. The minimum absolute atomic E-state index is 0.0492. The molecule has 3 nitrogen and oxygen atoms in total. The number of hydrogen-bond acceptors (Lipinski definition) is 2. The molecule has 0 aliphatic rings. The maximum atomic E-state index is 12.9. The number of nitrogen functional groups attached to an aromatic ring is 1. The number of amides is 1. The highest BCUT2D eigenvalue weighted by Gasteiger charge is 2.12. The molecule has 0 saturated heterocycles. The van der Waals surface area contributed by atoms with Crippen molar-refractivity contribution in [2.45, 2.75) is 0 Å². The summed E-state index contributed by atoms with van der Waals surface area (Å²) in [5.41, 5.74) is 6.84. The van der Waals surface area contributed by atoms with Crippen molar-refractivity contribution >= 4 is 44.8 Å². The molecule has 6 heteroatoms. The molecule has 98 valence electrons. The third kappa shape index (κ3) is 3.24. The van der Waals surface area contributed by atoms with E-state index in [4.69, 9.17) is 17.3 Å². The molecular formula is C13H9BrClFN2O. The summed E-state index contributed by atoms with van der Waals surface area (Å²) in [7, 11) is 0. The zero-order valence-electron chi connectivity index (χ0n) is 9.58. The van der Waals surface area contributed by atoms with Crippen LogP contribution < -0.4 is 11.1 Å². The lowest BCUT2D eigenvalue weighted by Crippen LogP contribution is -2.13. The van der Waals surface area contributed by atoms with Gasteiger partial charge in [0.05, 0.1) is 22.0 Å². The Morgan fingerprint density at radius 3 is 2.63 bits per heavy atom. The van der Waals surface area contributed by atoms with E-state index >= 15 is 0 Å². The number of anilines is 2. The lowest BCUT2D eigenvalue weighted by molar-refractivity contribution is 0.102. The van der Waals surface area contributed by atoms with Gasteiger partial charge < -0.3 is 11.1 Å². The first-order valence-corrected chi connectivity index (χ1v) is 6.46. The van der Waals surface area contributed by atoms with E-state index in [1.54, 1.807) is 18.2 Å². The molecule has 0 saturated carbocycles. The molecule has 19 heavy (non-hydrogen) atoms. The van der Waals surface area contributed by atoms with E-state index in [2.05, 4.69) is 21.2 Å². The van der Waals surface area contributed by atoms with Gasteiger partial charge in [-0.1, -0.05) is 27.5 Å². The van der Waals surface area contributed by atoms with Crippen molar-refractivity contribution in [3.8, 4) is 0 Å². The quantitative estimate of drug-likeness (QED) is 0.807. The van der Waals surface area contributed by atoms with Crippen LogP contribution in [0.4, 0.5) is 15.8 Å². The third-order valence-corrected chi connectivity index (χ3v) is 3.24. The van der Waals surface area contributed by atoms with E-state index in [-0.39, 0.29) is 10.6 Å². The van der Waals surface area contributed by atoms with Crippen LogP contribution in [0.1, 0.15) is 10.4 Å². The molecule has 0 fully saturated rings.